The number of halogens is 1. The van der Waals surface area contributed by atoms with E-state index in [1.54, 1.807) is 6.07 Å². The fraction of sp³-hybridized carbons (Fsp3) is 0.600. The Morgan fingerprint density at radius 1 is 1.42 bits per heavy atom. The van der Waals surface area contributed by atoms with Crippen LogP contribution in [0, 0.1) is 0 Å². The van der Waals surface area contributed by atoms with Gasteiger partial charge in [0.05, 0.1) is 0 Å². The second-order valence-electron chi connectivity index (χ2n) is 5.11. The molecule has 0 atom stereocenters. The van der Waals surface area contributed by atoms with Gasteiger partial charge in [-0.05, 0) is 37.8 Å². The molecule has 4 heteroatoms. The number of rotatable bonds is 6. The molecule has 0 unspecified atom stereocenters. The molecule has 1 heterocycles. The predicted octanol–water partition coefficient (Wildman–Crippen LogP) is 3.70. The number of unbranched alkanes of at least 4 members (excludes halogenated alkanes) is 1. The smallest absolute Gasteiger partial charge is 0.254 e. The largest absolute Gasteiger partial charge is 0.336 e. The molecule has 104 valence electrons. The van der Waals surface area contributed by atoms with Crippen LogP contribution in [0.15, 0.2) is 12.1 Å². The minimum atomic E-state index is 0.106. The Kier molecular flexibility index (Phi) is 4.81. The second-order valence-corrected chi connectivity index (χ2v) is 5.49. The van der Waals surface area contributed by atoms with Crippen LogP contribution in [0.1, 0.15) is 55.6 Å². The van der Waals surface area contributed by atoms with Gasteiger partial charge in [-0.1, -0.05) is 31.9 Å². The van der Waals surface area contributed by atoms with Gasteiger partial charge in [0, 0.05) is 23.8 Å². The maximum atomic E-state index is 12.6. The molecular weight excluding hydrogens is 260 g/mol. The Labute approximate surface area is 120 Å². The number of amides is 1. The number of hydrogen-bond donors (Lipinski definition) is 0. The lowest BCUT2D eigenvalue weighted by Gasteiger charge is -2.22. The van der Waals surface area contributed by atoms with Crippen LogP contribution in [-0.4, -0.2) is 28.4 Å². The van der Waals surface area contributed by atoms with E-state index in [9.17, 15) is 4.79 Å². The highest BCUT2D eigenvalue weighted by atomic mass is 35.5. The first-order valence-electron chi connectivity index (χ1n) is 7.13. The third-order valence-corrected chi connectivity index (χ3v) is 3.65. The van der Waals surface area contributed by atoms with Crippen LogP contribution in [-0.2, 0) is 6.42 Å². The molecule has 0 aromatic carbocycles. The molecule has 0 spiro atoms. The molecule has 1 aliphatic rings. The Morgan fingerprint density at radius 2 is 2.16 bits per heavy atom. The van der Waals surface area contributed by atoms with E-state index >= 15 is 0 Å². The Hall–Kier alpha value is -1.09. The number of aromatic nitrogens is 1. The zero-order chi connectivity index (χ0) is 13.8. The van der Waals surface area contributed by atoms with Crippen molar-refractivity contribution >= 4 is 17.5 Å². The summed E-state index contributed by atoms with van der Waals surface area (Å²) < 4.78 is 0. The lowest BCUT2D eigenvalue weighted by atomic mass is 10.1. The molecule has 2 rings (SSSR count). The van der Waals surface area contributed by atoms with E-state index in [-0.39, 0.29) is 5.91 Å². The minimum absolute atomic E-state index is 0.106. The van der Waals surface area contributed by atoms with Crippen molar-refractivity contribution < 1.29 is 4.79 Å². The molecule has 1 aliphatic carbocycles. The maximum absolute atomic E-state index is 12.6. The van der Waals surface area contributed by atoms with Crippen LogP contribution < -0.4 is 0 Å². The summed E-state index contributed by atoms with van der Waals surface area (Å²) in [4.78, 5) is 18.8. The molecule has 19 heavy (non-hydrogen) atoms. The van der Waals surface area contributed by atoms with Crippen LogP contribution >= 0.6 is 11.6 Å². The van der Waals surface area contributed by atoms with Crippen molar-refractivity contribution in [3.8, 4) is 0 Å². The van der Waals surface area contributed by atoms with Gasteiger partial charge in [-0.25, -0.2) is 4.98 Å². The normalized spacial score (nSPS) is 14.5. The van der Waals surface area contributed by atoms with E-state index in [2.05, 4.69) is 11.9 Å². The van der Waals surface area contributed by atoms with Crippen LogP contribution in [0.25, 0.3) is 0 Å². The first-order chi connectivity index (χ1) is 9.15. The van der Waals surface area contributed by atoms with Gasteiger partial charge in [0.25, 0.3) is 5.91 Å². The summed E-state index contributed by atoms with van der Waals surface area (Å²) in [6.07, 6.45) is 5.22. The molecule has 1 amide bonds. The first-order valence-corrected chi connectivity index (χ1v) is 7.51. The SMILES string of the molecule is CCCCN(C(=O)c1cc(Cl)nc(CC)c1)C1CC1. The Morgan fingerprint density at radius 3 is 2.74 bits per heavy atom. The van der Waals surface area contributed by atoms with Gasteiger partial charge in [-0.3, -0.25) is 4.79 Å². The van der Waals surface area contributed by atoms with Gasteiger partial charge in [-0.2, -0.15) is 0 Å². The number of aryl methyl sites for hydroxylation is 1. The van der Waals surface area contributed by atoms with E-state index in [1.165, 1.54) is 0 Å². The number of carbonyl (C=O) groups excluding carboxylic acids is 1. The van der Waals surface area contributed by atoms with Gasteiger partial charge in [0.2, 0.25) is 0 Å². The van der Waals surface area contributed by atoms with Gasteiger partial charge >= 0.3 is 0 Å². The summed E-state index contributed by atoms with van der Waals surface area (Å²) in [7, 11) is 0. The molecule has 3 nitrogen and oxygen atoms in total. The fourth-order valence-corrected chi connectivity index (χ4v) is 2.41. The summed E-state index contributed by atoms with van der Waals surface area (Å²) in [5.74, 6) is 0.106. The summed E-state index contributed by atoms with van der Waals surface area (Å²) in [6, 6.07) is 4.00. The number of pyridine rings is 1. The first kappa shape index (κ1) is 14.3. The fourth-order valence-electron chi connectivity index (χ4n) is 2.19. The van der Waals surface area contributed by atoms with Crippen LogP contribution in [0.4, 0.5) is 0 Å². The van der Waals surface area contributed by atoms with Gasteiger partial charge in [-0.15, -0.1) is 0 Å². The zero-order valence-electron chi connectivity index (χ0n) is 11.7. The molecule has 1 aromatic heterocycles. The number of nitrogens with zero attached hydrogens (tertiary/aromatic N) is 2. The third-order valence-electron chi connectivity index (χ3n) is 3.46. The highest BCUT2D eigenvalue weighted by Crippen LogP contribution is 2.29. The summed E-state index contributed by atoms with van der Waals surface area (Å²) >= 11 is 6.00. The monoisotopic (exact) mass is 280 g/mol. The molecule has 0 saturated heterocycles. The van der Waals surface area contributed by atoms with Gasteiger partial charge < -0.3 is 4.90 Å². The Balaban J connectivity index is 2.18. The molecule has 0 bridgehead atoms. The average molecular weight is 281 g/mol. The third kappa shape index (κ3) is 3.69. The number of hydrogen-bond acceptors (Lipinski definition) is 2. The molecule has 1 saturated carbocycles. The lowest BCUT2D eigenvalue weighted by Crippen LogP contribution is -2.34. The van der Waals surface area contributed by atoms with Crippen molar-refractivity contribution in [2.45, 2.75) is 52.0 Å². The standard InChI is InChI=1S/C15H21ClN2O/c1-3-5-8-18(13-6-7-13)15(19)11-9-12(4-2)17-14(16)10-11/h9-10,13H,3-8H2,1-2H3. The molecule has 0 aliphatic heterocycles. The van der Waals surface area contributed by atoms with E-state index in [4.69, 9.17) is 11.6 Å². The van der Waals surface area contributed by atoms with Crippen molar-refractivity contribution in [3.63, 3.8) is 0 Å². The molecule has 1 fully saturated rings. The Bertz CT molecular complexity index is 457. The predicted molar refractivity (Wildman–Crippen MR) is 77.6 cm³/mol. The molecule has 0 N–H and O–H groups in total. The summed E-state index contributed by atoms with van der Waals surface area (Å²) in [6.45, 7) is 5.01. The van der Waals surface area contributed by atoms with Crippen LogP contribution in [0.2, 0.25) is 5.15 Å². The highest BCUT2D eigenvalue weighted by Gasteiger charge is 2.32. The van der Waals surface area contributed by atoms with Crippen molar-refractivity contribution in [2.24, 2.45) is 0 Å². The van der Waals surface area contributed by atoms with Gasteiger partial charge in [0.15, 0.2) is 0 Å². The maximum Gasteiger partial charge on any atom is 0.254 e. The highest BCUT2D eigenvalue weighted by molar-refractivity contribution is 6.29. The van der Waals surface area contributed by atoms with Crippen LogP contribution in [0.5, 0.6) is 0 Å². The zero-order valence-corrected chi connectivity index (χ0v) is 12.4. The number of carbonyl (C=O) groups is 1. The topological polar surface area (TPSA) is 33.2 Å². The molecular formula is C15H21ClN2O. The minimum Gasteiger partial charge on any atom is -0.336 e. The van der Waals surface area contributed by atoms with Crippen molar-refractivity contribution in [2.75, 3.05) is 6.54 Å². The second kappa shape index (κ2) is 6.38. The van der Waals surface area contributed by atoms with Crippen molar-refractivity contribution in [3.05, 3.63) is 28.5 Å². The van der Waals surface area contributed by atoms with Gasteiger partial charge in [0.1, 0.15) is 5.15 Å². The van der Waals surface area contributed by atoms with E-state index in [0.717, 1.165) is 44.3 Å². The van der Waals surface area contributed by atoms with Crippen molar-refractivity contribution in [1.82, 2.24) is 9.88 Å². The van der Waals surface area contributed by atoms with E-state index < -0.39 is 0 Å². The van der Waals surface area contributed by atoms with E-state index in [0.29, 0.717) is 16.8 Å². The van der Waals surface area contributed by atoms with E-state index in [1.807, 2.05) is 17.9 Å². The summed E-state index contributed by atoms with van der Waals surface area (Å²) in [5, 5.41) is 0.411. The average Bonchev–Trinajstić information content (AvgIpc) is 3.22. The molecule has 1 aromatic rings. The summed E-state index contributed by atoms with van der Waals surface area (Å²) in [5.41, 5.74) is 1.56. The van der Waals surface area contributed by atoms with Crippen molar-refractivity contribution in [1.29, 1.82) is 0 Å². The van der Waals surface area contributed by atoms with Crippen LogP contribution in [0.3, 0.4) is 0 Å². The molecule has 0 radical (unpaired) electrons. The lowest BCUT2D eigenvalue weighted by molar-refractivity contribution is 0.0740. The quantitative estimate of drug-likeness (QED) is 0.745.